The van der Waals surface area contributed by atoms with Gasteiger partial charge in [-0.3, -0.25) is 4.79 Å². The number of benzene rings is 1. The van der Waals surface area contributed by atoms with Crippen LogP contribution < -0.4 is 10.1 Å². The molecule has 0 saturated carbocycles. The van der Waals surface area contributed by atoms with E-state index >= 15 is 0 Å². The first-order chi connectivity index (χ1) is 14.0. The molecule has 0 aliphatic rings. The Bertz CT molecular complexity index is 909. The van der Waals surface area contributed by atoms with E-state index < -0.39 is 42.0 Å². The van der Waals surface area contributed by atoms with Crippen LogP contribution in [0.15, 0.2) is 41.6 Å². The molecule has 0 spiro atoms. The second-order valence-electron chi connectivity index (χ2n) is 5.72. The summed E-state index contributed by atoms with van der Waals surface area (Å²) in [7, 11) is 2.55. The summed E-state index contributed by atoms with van der Waals surface area (Å²) in [6.45, 7) is -0.450. The van der Waals surface area contributed by atoms with Crippen molar-refractivity contribution in [1.29, 1.82) is 0 Å². The fourth-order valence-corrected chi connectivity index (χ4v) is 2.34. The summed E-state index contributed by atoms with van der Waals surface area (Å²) in [5, 5.41) is 5.96. The number of hydrogen-bond acceptors (Lipinski definition) is 5. The summed E-state index contributed by atoms with van der Waals surface area (Å²) in [6.07, 6.45) is -10.2. The topological polar surface area (TPSA) is 72.8 Å². The van der Waals surface area contributed by atoms with E-state index in [0.717, 1.165) is 0 Å². The van der Waals surface area contributed by atoms with E-state index in [2.05, 4.69) is 20.3 Å². The van der Waals surface area contributed by atoms with Crippen molar-refractivity contribution in [3.63, 3.8) is 0 Å². The van der Waals surface area contributed by atoms with Gasteiger partial charge in [0.2, 0.25) is 0 Å². The summed E-state index contributed by atoms with van der Waals surface area (Å²) >= 11 is 0. The number of oxime groups is 1. The normalized spacial score (nSPS) is 12.5. The molecule has 2 aromatic rings. The smallest absolute Gasteiger partial charge is 0.433 e. The number of alkyl halides is 6. The Morgan fingerprint density at radius 1 is 1.07 bits per heavy atom. The molecule has 0 fully saturated rings. The van der Waals surface area contributed by atoms with E-state index in [0.29, 0.717) is 12.1 Å². The Morgan fingerprint density at radius 2 is 1.63 bits per heavy atom. The maximum absolute atomic E-state index is 12.9. The fraction of sp³-hybridized carbons (Fsp3) is 0.278. The number of pyridine rings is 1. The number of aromatic nitrogens is 1. The number of carbonyl (C=O) groups is 1. The minimum Gasteiger partial charge on any atom is -0.489 e. The van der Waals surface area contributed by atoms with E-state index in [1.165, 1.54) is 26.3 Å². The van der Waals surface area contributed by atoms with Crippen LogP contribution in [0.5, 0.6) is 5.75 Å². The van der Waals surface area contributed by atoms with E-state index in [1.54, 1.807) is 12.1 Å². The summed E-state index contributed by atoms with van der Waals surface area (Å²) < 4.78 is 82.7. The molecule has 6 nitrogen and oxygen atoms in total. The van der Waals surface area contributed by atoms with Gasteiger partial charge in [-0.25, -0.2) is 4.98 Å². The minimum atomic E-state index is -5.10. The van der Waals surface area contributed by atoms with Crippen LogP contribution in [0.2, 0.25) is 0 Å². The number of amides is 1. The Hall–Kier alpha value is -3.31. The lowest BCUT2D eigenvalue weighted by Crippen LogP contribution is -2.29. The van der Waals surface area contributed by atoms with Crippen molar-refractivity contribution in [2.24, 2.45) is 5.16 Å². The first-order valence-corrected chi connectivity index (χ1v) is 8.18. The number of likely N-dealkylation sites (N-methyl/N-ethyl adjacent to an activating group) is 1. The van der Waals surface area contributed by atoms with Gasteiger partial charge in [-0.2, -0.15) is 26.3 Å². The molecule has 0 aliphatic heterocycles. The number of hydrogen-bond donors (Lipinski definition) is 1. The van der Waals surface area contributed by atoms with Gasteiger partial charge in [0.1, 0.15) is 30.9 Å². The van der Waals surface area contributed by atoms with E-state index in [4.69, 9.17) is 4.74 Å². The number of carbonyl (C=O) groups excluding carboxylic acids is 1. The number of ether oxygens (including phenoxy) is 1. The Labute approximate surface area is 166 Å². The Morgan fingerprint density at radius 3 is 2.13 bits per heavy atom. The summed E-state index contributed by atoms with van der Waals surface area (Å²) in [5.41, 5.74) is -3.14. The predicted molar refractivity (Wildman–Crippen MR) is 92.6 cm³/mol. The maximum atomic E-state index is 12.9. The van der Waals surface area contributed by atoms with Crippen molar-refractivity contribution in [1.82, 2.24) is 10.3 Å². The first-order valence-electron chi connectivity index (χ1n) is 8.18. The third-order valence-electron chi connectivity index (χ3n) is 3.67. The van der Waals surface area contributed by atoms with Crippen LogP contribution in [-0.4, -0.2) is 30.8 Å². The highest BCUT2D eigenvalue weighted by Crippen LogP contribution is 2.35. The van der Waals surface area contributed by atoms with Crippen LogP contribution in [0, 0.1) is 0 Å². The molecule has 12 heteroatoms. The average molecular weight is 435 g/mol. The zero-order valence-electron chi connectivity index (χ0n) is 15.6. The van der Waals surface area contributed by atoms with Gasteiger partial charge in [0.15, 0.2) is 5.71 Å². The molecule has 2 rings (SSSR count). The lowest BCUT2D eigenvalue weighted by atomic mass is 10.0. The van der Waals surface area contributed by atoms with Crippen LogP contribution in [0.1, 0.15) is 22.5 Å². The molecule has 30 heavy (non-hydrogen) atoms. The van der Waals surface area contributed by atoms with Crippen LogP contribution >= 0.6 is 0 Å². The standard InChI is InChI=1S/C18H15F6N3O3/c1-25-16(28)15(27-29-2)12-6-4-3-5-10(12)9-30-11-7-13(17(19,20)21)26-14(8-11)18(22,23)24/h3-8H,9H2,1-2H3,(H,25,28)/b27-15+. The lowest BCUT2D eigenvalue weighted by Gasteiger charge is -2.15. The quantitative estimate of drug-likeness (QED) is 0.426. The second kappa shape index (κ2) is 9.01. The van der Waals surface area contributed by atoms with Crippen LogP contribution in [-0.2, 0) is 28.6 Å². The molecule has 1 aromatic carbocycles. The molecule has 0 aliphatic carbocycles. The summed E-state index contributed by atoms with van der Waals surface area (Å²) in [4.78, 5) is 19.3. The van der Waals surface area contributed by atoms with Crippen LogP contribution in [0.3, 0.4) is 0 Å². The van der Waals surface area contributed by atoms with E-state index in [-0.39, 0.29) is 16.8 Å². The Kier molecular flexibility index (Phi) is 6.90. The summed E-state index contributed by atoms with van der Waals surface area (Å²) in [6, 6.07) is 6.77. The van der Waals surface area contributed by atoms with Crippen molar-refractivity contribution in [2.45, 2.75) is 19.0 Å². The number of halogens is 6. The average Bonchev–Trinajstić information content (AvgIpc) is 2.68. The second-order valence-corrected chi connectivity index (χ2v) is 5.72. The molecule has 1 N–H and O–H groups in total. The van der Waals surface area contributed by atoms with Gasteiger partial charge in [0.25, 0.3) is 5.91 Å². The third kappa shape index (κ3) is 5.61. The van der Waals surface area contributed by atoms with Crippen molar-refractivity contribution < 1.29 is 40.7 Å². The van der Waals surface area contributed by atoms with Gasteiger partial charge in [-0.05, 0) is 5.56 Å². The molecule has 1 heterocycles. The molecule has 0 unspecified atom stereocenters. The molecule has 162 valence electrons. The van der Waals surface area contributed by atoms with Crippen LogP contribution in [0.4, 0.5) is 26.3 Å². The lowest BCUT2D eigenvalue weighted by molar-refractivity contribution is -0.150. The monoisotopic (exact) mass is 435 g/mol. The van der Waals surface area contributed by atoms with Gasteiger partial charge in [-0.1, -0.05) is 29.4 Å². The molecular formula is C18H15F6N3O3. The van der Waals surface area contributed by atoms with Crippen LogP contribution in [0.25, 0.3) is 0 Å². The molecule has 0 bridgehead atoms. The van der Waals surface area contributed by atoms with E-state index in [1.807, 2.05) is 0 Å². The van der Waals surface area contributed by atoms with Gasteiger partial charge >= 0.3 is 12.4 Å². The third-order valence-corrected chi connectivity index (χ3v) is 3.67. The van der Waals surface area contributed by atoms with Gasteiger partial charge in [-0.15, -0.1) is 0 Å². The van der Waals surface area contributed by atoms with E-state index in [9.17, 15) is 31.1 Å². The van der Waals surface area contributed by atoms with Crippen molar-refractivity contribution in [3.05, 3.63) is 58.9 Å². The first kappa shape index (κ1) is 23.0. The molecule has 0 atom stereocenters. The highest BCUT2D eigenvalue weighted by atomic mass is 19.4. The van der Waals surface area contributed by atoms with Crippen molar-refractivity contribution in [3.8, 4) is 5.75 Å². The van der Waals surface area contributed by atoms with Crippen molar-refractivity contribution >= 4 is 11.6 Å². The highest BCUT2D eigenvalue weighted by molar-refractivity contribution is 6.45. The molecule has 1 amide bonds. The molecule has 1 aromatic heterocycles. The Balaban J connectivity index is 2.41. The van der Waals surface area contributed by atoms with Crippen molar-refractivity contribution in [2.75, 3.05) is 14.2 Å². The number of nitrogens with zero attached hydrogens (tertiary/aromatic N) is 2. The maximum Gasteiger partial charge on any atom is 0.433 e. The fourth-order valence-electron chi connectivity index (χ4n) is 2.34. The largest absolute Gasteiger partial charge is 0.489 e. The SMILES string of the molecule is CNC(=O)/C(=N/OC)c1ccccc1COc1cc(C(F)(F)F)nc(C(F)(F)F)c1. The summed E-state index contributed by atoms with van der Waals surface area (Å²) in [5.74, 6) is -1.31. The van der Waals surface area contributed by atoms with Gasteiger partial charge in [0.05, 0.1) is 0 Å². The number of nitrogens with one attached hydrogen (secondary N) is 1. The van der Waals surface area contributed by atoms with Gasteiger partial charge < -0.3 is 14.9 Å². The number of rotatable bonds is 6. The molecule has 0 saturated heterocycles. The minimum absolute atomic E-state index is 0.152. The van der Waals surface area contributed by atoms with Gasteiger partial charge in [0, 0.05) is 24.7 Å². The zero-order chi connectivity index (χ0) is 22.5. The molecular weight excluding hydrogens is 420 g/mol. The molecule has 0 radical (unpaired) electrons. The highest BCUT2D eigenvalue weighted by Gasteiger charge is 2.39. The predicted octanol–water partition coefficient (Wildman–Crippen LogP) is 3.79. The zero-order valence-corrected chi connectivity index (χ0v) is 15.6.